The highest BCUT2D eigenvalue weighted by atomic mass is 14.9. The Labute approximate surface area is 142 Å². The van der Waals surface area contributed by atoms with Gasteiger partial charge >= 0.3 is 0 Å². The number of aliphatic imine (C=N–C) groups is 1. The highest BCUT2D eigenvalue weighted by Gasteiger charge is 2.15. The van der Waals surface area contributed by atoms with Gasteiger partial charge in [0.1, 0.15) is 0 Å². The fraction of sp³-hybridized carbons (Fsp3) is 0.571. The molecule has 0 aromatic heterocycles. The van der Waals surface area contributed by atoms with Crippen LogP contribution in [-0.2, 0) is 0 Å². The standard InChI is InChI=1S/C21H32N2/c1-4-6-8-16(3)13-21(22)23-20-10-7-9-19(20)15-18-12-11-17(5-2)14-18/h7,9-12,16,21H,4-6,8,13-15,22H2,1-3H3. The molecule has 126 valence electrons. The molecule has 2 aliphatic carbocycles. The van der Waals surface area contributed by atoms with E-state index in [0.717, 1.165) is 31.4 Å². The summed E-state index contributed by atoms with van der Waals surface area (Å²) in [5.74, 6) is 0.654. The molecule has 2 nitrogen and oxygen atoms in total. The van der Waals surface area contributed by atoms with Gasteiger partial charge in [0.05, 0.1) is 11.9 Å². The molecule has 0 amide bonds. The fourth-order valence-corrected chi connectivity index (χ4v) is 3.29. The third-order valence-electron chi connectivity index (χ3n) is 4.76. The van der Waals surface area contributed by atoms with Gasteiger partial charge in [0.25, 0.3) is 0 Å². The maximum atomic E-state index is 6.27. The van der Waals surface area contributed by atoms with Crippen LogP contribution in [0.3, 0.4) is 0 Å². The van der Waals surface area contributed by atoms with Crippen LogP contribution in [0.15, 0.2) is 52.1 Å². The Morgan fingerprint density at radius 1 is 1.17 bits per heavy atom. The van der Waals surface area contributed by atoms with E-state index in [1.807, 2.05) is 0 Å². The molecule has 0 saturated carbocycles. The minimum Gasteiger partial charge on any atom is -0.310 e. The summed E-state index contributed by atoms with van der Waals surface area (Å²) in [5.41, 5.74) is 11.7. The van der Waals surface area contributed by atoms with Crippen LogP contribution in [0.1, 0.15) is 65.7 Å². The van der Waals surface area contributed by atoms with Crippen molar-refractivity contribution in [2.24, 2.45) is 16.6 Å². The van der Waals surface area contributed by atoms with Crippen LogP contribution in [0, 0.1) is 5.92 Å². The lowest BCUT2D eigenvalue weighted by molar-refractivity contribution is 0.431. The number of unbranched alkanes of at least 4 members (excludes halogenated alkanes) is 1. The van der Waals surface area contributed by atoms with Gasteiger partial charge in [-0.15, -0.1) is 0 Å². The van der Waals surface area contributed by atoms with Gasteiger partial charge in [0.2, 0.25) is 0 Å². The molecule has 0 radical (unpaired) electrons. The normalized spacial score (nSPS) is 21.4. The first-order chi connectivity index (χ1) is 11.1. The van der Waals surface area contributed by atoms with Crippen molar-refractivity contribution in [1.29, 1.82) is 0 Å². The Morgan fingerprint density at radius 3 is 2.65 bits per heavy atom. The lowest BCUT2D eigenvalue weighted by Crippen LogP contribution is -2.22. The molecule has 0 aromatic rings. The van der Waals surface area contributed by atoms with E-state index in [4.69, 9.17) is 10.7 Å². The Morgan fingerprint density at radius 2 is 1.96 bits per heavy atom. The molecule has 0 heterocycles. The molecule has 0 spiro atoms. The number of nitrogens with two attached hydrogens (primary N) is 1. The van der Waals surface area contributed by atoms with E-state index < -0.39 is 0 Å². The molecule has 0 saturated heterocycles. The van der Waals surface area contributed by atoms with Crippen molar-refractivity contribution in [2.45, 2.75) is 71.9 Å². The van der Waals surface area contributed by atoms with Gasteiger partial charge in [0.15, 0.2) is 0 Å². The minimum absolute atomic E-state index is 0.0788. The third-order valence-corrected chi connectivity index (χ3v) is 4.76. The largest absolute Gasteiger partial charge is 0.310 e. The van der Waals surface area contributed by atoms with Gasteiger partial charge < -0.3 is 5.73 Å². The molecule has 0 aliphatic heterocycles. The van der Waals surface area contributed by atoms with Gasteiger partial charge in [0, 0.05) is 0 Å². The van der Waals surface area contributed by atoms with Crippen molar-refractivity contribution < 1.29 is 0 Å². The van der Waals surface area contributed by atoms with Gasteiger partial charge in [-0.25, -0.2) is 0 Å². The molecule has 2 rings (SSSR count). The summed E-state index contributed by atoms with van der Waals surface area (Å²) in [4.78, 5) is 4.78. The lowest BCUT2D eigenvalue weighted by atomic mass is 9.98. The zero-order valence-corrected chi connectivity index (χ0v) is 15.0. The van der Waals surface area contributed by atoms with E-state index in [9.17, 15) is 0 Å². The first kappa shape index (κ1) is 17.9. The zero-order chi connectivity index (χ0) is 16.7. The summed E-state index contributed by atoms with van der Waals surface area (Å²) in [6, 6.07) is 0. The first-order valence-corrected chi connectivity index (χ1v) is 9.20. The summed E-state index contributed by atoms with van der Waals surface area (Å²) < 4.78 is 0. The van der Waals surface area contributed by atoms with Crippen molar-refractivity contribution >= 4 is 5.71 Å². The maximum Gasteiger partial charge on any atom is 0.0979 e. The summed E-state index contributed by atoms with van der Waals surface area (Å²) in [7, 11) is 0. The van der Waals surface area contributed by atoms with Crippen LogP contribution in [0.5, 0.6) is 0 Å². The van der Waals surface area contributed by atoms with Gasteiger partial charge in [-0.2, -0.15) is 0 Å². The number of nitrogens with zero attached hydrogens (tertiary/aromatic N) is 1. The molecular formula is C21H32N2. The molecule has 0 bridgehead atoms. The zero-order valence-electron chi connectivity index (χ0n) is 15.0. The number of hydrogen-bond acceptors (Lipinski definition) is 2. The van der Waals surface area contributed by atoms with E-state index in [0.29, 0.717) is 5.92 Å². The van der Waals surface area contributed by atoms with Crippen LogP contribution >= 0.6 is 0 Å². The fourth-order valence-electron chi connectivity index (χ4n) is 3.29. The van der Waals surface area contributed by atoms with Crippen molar-refractivity contribution in [1.82, 2.24) is 0 Å². The predicted molar refractivity (Wildman–Crippen MR) is 102 cm³/mol. The van der Waals surface area contributed by atoms with Crippen LogP contribution in [0.4, 0.5) is 0 Å². The second-order valence-corrected chi connectivity index (χ2v) is 6.97. The average Bonchev–Trinajstić information content (AvgIpc) is 3.15. The smallest absolute Gasteiger partial charge is 0.0979 e. The molecule has 2 heteroatoms. The van der Waals surface area contributed by atoms with Gasteiger partial charge in [-0.05, 0) is 43.3 Å². The molecule has 2 atom stereocenters. The van der Waals surface area contributed by atoms with Crippen LogP contribution in [0.25, 0.3) is 0 Å². The lowest BCUT2D eigenvalue weighted by Gasteiger charge is -2.15. The quantitative estimate of drug-likeness (QED) is 0.601. The summed E-state index contributed by atoms with van der Waals surface area (Å²) in [5, 5.41) is 0. The minimum atomic E-state index is -0.0788. The van der Waals surface area contributed by atoms with E-state index in [1.165, 1.54) is 36.0 Å². The monoisotopic (exact) mass is 312 g/mol. The van der Waals surface area contributed by atoms with E-state index >= 15 is 0 Å². The van der Waals surface area contributed by atoms with E-state index in [2.05, 4.69) is 51.2 Å². The highest BCUT2D eigenvalue weighted by Crippen LogP contribution is 2.28. The number of rotatable bonds is 9. The average molecular weight is 313 g/mol. The van der Waals surface area contributed by atoms with Crippen molar-refractivity contribution in [3.8, 4) is 0 Å². The van der Waals surface area contributed by atoms with E-state index in [1.54, 1.807) is 0 Å². The Bertz CT molecular complexity index is 546. The van der Waals surface area contributed by atoms with Crippen LogP contribution in [-0.4, -0.2) is 11.9 Å². The first-order valence-electron chi connectivity index (χ1n) is 9.20. The number of hydrogen-bond donors (Lipinski definition) is 1. The van der Waals surface area contributed by atoms with Crippen LogP contribution < -0.4 is 5.73 Å². The summed E-state index contributed by atoms with van der Waals surface area (Å²) >= 11 is 0. The molecule has 2 N–H and O–H groups in total. The van der Waals surface area contributed by atoms with Crippen molar-refractivity contribution in [2.75, 3.05) is 0 Å². The van der Waals surface area contributed by atoms with Gasteiger partial charge in [-0.3, -0.25) is 4.99 Å². The SMILES string of the molecule is CCCCC(C)CC(N)N=C1C=CC=C1CC1=CC=C(CC)C1. The predicted octanol–water partition coefficient (Wildman–Crippen LogP) is 5.48. The van der Waals surface area contributed by atoms with Gasteiger partial charge in [-0.1, -0.05) is 75.5 Å². The summed E-state index contributed by atoms with van der Waals surface area (Å²) in [6.07, 6.45) is 18.9. The second kappa shape index (κ2) is 9.02. The molecule has 0 aromatic carbocycles. The summed E-state index contributed by atoms with van der Waals surface area (Å²) in [6.45, 7) is 6.76. The van der Waals surface area contributed by atoms with E-state index in [-0.39, 0.29) is 6.17 Å². The Hall–Kier alpha value is -1.41. The third kappa shape index (κ3) is 5.62. The highest BCUT2D eigenvalue weighted by molar-refractivity contribution is 6.11. The molecular weight excluding hydrogens is 280 g/mol. The Kier molecular flexibility index (Phi) is 7.04. The second-order valence-electron chi connectivity index (χ2n) is 6.97. The Balaban J connectivity index is 1.86. The maximum absolute atomic E-state index is 6.27. The number of allylic oxidation sites excluding steroid dienone is 8. The molecule has 2 aliphatic rings. The van der Waals surface area contributed by atoms with Crippen molar-refractivity contribution in [3.05, 3.63) is 47.1 Å². The molecule has 23 heavy (non-hydrogen) atoms. The molecule has 2 unspecified atom stereocenters. The molecule has 0 fully saturated rings. The van der Waals surface area contributed by atoms with Crippen LogP contribution in [0.2, 0.25) is 0 Å². The van der Waals surface area contributed by atoms with Crippen molar-refractivity contribution in [3.63, 3.8) is 0 Å². The topological polar surface area (TPSA) is 38.4 Å².